The van der Waals surface area contributed by atoms with Crippen LogP contribution in [0.15, 0.2) is 12.4 Å². The van der Waals surface area contributed by atoms with E-state index in [2.05, 4.69) is 43.1 Å². The van der Waals surface area contributed by atoms with Crippen LogP contribution in [0.1, 0.15) is 194 Å². The van der Waals surface area contributed by atoms with Crippen molar-refractivity contribution < 1.29 is 0 Å². The van der Waals surface area contributed by atoms with Crippen molar-refractivity contribution in [2.75, 3.05) is 13.6 Å². The maximum atomic E-state index is 2.62. The number of rotatable bonds is 29. The van der Waals surface area contributed by atoms with Crippen LogP contribution in [0.25, 0.3) is 0 Å². The predicted octanol–water partition coefficient (Wildman–Crippen LogP) is 12.0. The molecule has 1 aliphatic heterocycles. The Bertz CT molecular complexity index is 474. The van der Waals surface area contributed by atoms with E-state index >= 15 is 0 Å². The summed E-state index contributed by atoms with van der Waals surface area (Å²) in [7, 11) is 2.27. The highest BCUT2D eigenvalue weighted by Gasteiger charge is 2.22. The van der Waals surface area contributed by atoms with Crippen molar-refractivity contribution in [3.8, 4) is 0 Å². The Morgan fingerprint density at radius 2 is 0.730 bits per heavy atom. The molecule has 0 aromatic rings. The van der Waals surface area contributed by atoms with Crippen molar-refractivity contribution in [3.05, 3.63) is 12.4 Å². The molecule has 220 valence electrons. The molecule has 0 aromatic heterocycles. The zero-order valence-electron chi connectivity index (χ0n) is 26.1. The van der Waals surface area contributed by atoms with E-state index in [0.29, 0.717) is 6.17 Å². The van der Waals surface area contributed by atoms with Crippen LogP contribution in [0.5, 0.6) is 0 Å². The molecule has 37 heavy (non-hydrogen) atoms. The van der Waals surface area contributed by atoms with Crippen LogP contribution < -0.4 is 0 Å². The molecule has 0 aliphatic carbocycles. The lowest BCUT2D eigenvalue weighted by Gasteiger charge is -2.30. The Morgan fingerprint density at radius 3 is 1.11 bits per heavy atom. The molecule has 2 nitrogen and oxygen atoms in total. The maximum Gasteiger partial charge on any atom is 0.100 e. The molecule has 0 N–H and O–H groups in total. The molecule has 1 atom stereocenters. The fourth-order valence-corrected chi connectivity index (χ4v) is 6.05. The summed E-state index contributed by atoms with van der Waals surface area (Å²) in [5, 5.41) is 0. The van der Waals surface area contributed by atoms with Crippen LogP contribution in [0.4, 0.5) is 0 Å². The molecular formula is C35H70N2. The Morgan fingerprint density at radius 1 is 0.405 bits per heavy atom. The molecule has 0 fully saturated rings. The molecule has 1 rings (SSSR count). The normalized spacial score (nSPS) is 15.4. The summed E-state index contributed by atoms with van der Waals surface area (Å²) in [5.41, 5.74) is 0. The van der Waals surface area contributed by atoms with E-state index in [1.54, 1.807) is 0 Å². The number of unbranched alkanes of at least 4 members (excludes halogenated alkanes) is 25. The van der Waals surface area contributed by atoms with Crippen LogP contribution in [0, 0.1) is 0 Å². The Balaban J connectivity index is 1.86. The summed E-state index contributed by atoms with van der Waals surface area (Å²) in [6, 6.07) is 0. The first-order valence-electron chi connectivity index (χ1n) is 17.5. The quantitative estimate of drug-likeness (QED) is 0.0908. The summed E-state index contributed by atoms with van der Waals surface area (Å²) in [5.74, 6) is 0. The third-order valence-corrected chi connectivity index (χ3v) is 8.68. The molecular weight excluding hydrogens is 448 g/mol. The van der Waals surface area contributed by atoms with Crippen LogP contribution in [0.3, 0.4) is 0 Å². The smallest absolute Gasteiger partial charge is 0.100 e. The Kier molecular flexibility index (Phi) is 25.0. The summed E-state index contributed by atoms with van der Waals surface area (Å²) in [6.45, 7) is 5.86. The third-order valence-electron chi connectivity index (χ3n) is 8.68. The highest BCUT2D eigenvalue weighted by molar-refractivity contribution is 4.95. The van der Waals surface area contributed by atoms with Crippen molar-refractivity contribution >= 4 is 0 Å². The van der Waals surface area contributed by atoms with Gasteiger partial charge in [0.25, 0.3) is 0 Å². The molecule has 2 heteroatoms. The molecule has 0 amide bonds. The summed E-state index contributed by atoms with van der Waals surface area (Å²) in [4.78, 5) is 5.07. The summed E-state index contributed by atoms with van der Waals surface area (Å²) in [6.07, 6.45) is 45.6. The van der Waals surface area contributed by atoms with Crippen LogP contribution in [0.2, 0.25) is 0 Å². The van der Waals surface area contributed by atoms with Gasteiger partial charge in [-0.2, -0.15) is 0 Å². The summed E-state index contributed by atoms with van der Waals surface area (Å²) < 4.78 is 0. The van der Waals surface area contributed by atoms with Gasteiger partial charge in [-0.05, 0) is 19.3 Å². The first-order chi connectivity index (χ1) is 18.3. The van der Waals surface area contributed by atoms with Crippen molar-refractivity contribution in [2.24, 2.45) is 0 Å². The maximum absolute atomic E-state index is 2.62. The van der Waals surface area contributed by atoms with Gasteiger partial charge in [0.15, 0.2) is 0 Å². The van der Waals surface area contributed by atoms with Crippen molar-refractivity contribution in [1.82, 2.24) is 9.80 Å². The van der Waals surface area contributed by atoms with Gasteiger partial charge in [-0.1, -0.05) is 174 Å². The molecule has 0 radical (unpaired) electrons. The summed E-state index contributed by atoms with van der Waals surface area (Å²) >= 11 is 0. The fourth-order valence-electron chi connectivity index (χ4n) is 6.05. The molecule has 0 saturated carbocycles. The highest BCUT2D eigenvalue weighted by atomic mass is 15.4. The van der Waals surface area contributed by atoms with Gasteiger partial charge in [0, 0.05) is 26.0 Å². The van der Waals surface area contributed by atoms with E-state index in [1.165, 1.54) is 186 Å². The van der Waals surface area contributed by atoms with E-state index in [9.17, 15) is 0 Å². The zero-order chi connectivity index (χ0) is 26.7. The lowest BCUT2D eigenvalue weighted by Crippen LogP contribution is -2.37. The van der Waals surface area contributed by atoms with Gasteiger partial charge < -0.3 is 9.80 Å². The minimum absolute atomic E-state index is 0.620. The standard InChI is InChI=1S/C35H70N2/c1-4-6-8-10-12-14-16-17-18-19-20-21-22-24-26-28-30-32-37-34-33-36(3)35(37)31-29-27-25-23-15-13-11-9-7-5-2/h33-35H,4-32H2,1-3H3. The third kappa shape index (κ3) is 20.9. The topological polar surface area (TPSA) is 6.48 Å². The largest absolute Gasteiger partial charge is 0.359 e. The van der Waals surface area contributed by atoms with Gasteiger partial charge in [0.2, 0.25) is 0 Å². The molecule has 0 saturated heterocycles. The van der Waals surface area contributed by atoms with E-state index in [1.807, 2.05) is 0 Å². The molecule has 0 aromatic carbocycles. The second-order valence-corrected chi connectivity index (χ2v) is 12.3. The van der Waals surface area contributed by atoms with E-state index in [0.717, 1.165) is 0 Å². The predicted molar refractivity (Wildman–Crippen MR) is 168 cm³/mol. The van der Waals surface area contributed by atoms with Gasteiger partial charge in [0.05, 0.1) is 0 Å². The van der Waals surface area contributed by atoms with Crippen LogP contribution >= 0.6 is 0 Å². The fraction of sp³-hybridized carbons (Fsp3) is 0.943. The van der Waals surface area contributed by atoms with Gasteiger partial charge in [-0.15, -0.1) is 0 Å². The molecule has 1 aliphatic rings. The second kappa shape index (κ2) is 26.9. The van der Waals surface area contributed by atoms with E-state index in [4.69, 9.17) is 0 Å². The van der Waals surface area contributed by atoms with Crippen molar-refractivity contribution in [1.29, 1.82) is 0 Å². The van der Waals surface area contributed by atoms with Crippen molar-refractivity contribution in [3.63, 3.8) is 0 Å². The monoisotopic (exact) mass is 519 g/mol. The SMILES string of the molecule is CCCCCCCCCCCCCCCCCCCN1C=CN(C)C1CCCCCCCCCCCC. The molecule has 0 spiro atoms. The molecule has 0 bridgehead atoms. The average molecular weight is 519 g/mol. The minimum atomic E-state index is 0.620. The number of hydrogen-bond acceptors (Lipinski definition) is 2. The Hall–Kier alpha value is -0.660. The van der Waals surface area contributed by atoms with E-state index < -0.39 is 0 Å². The van der Waals surface area contributed by atoms with Crippen LogP contribution in [-0.4, -0.2) is 29.6 Å². The van der Waals surface area contributed by atoms with E-state index in [-0.39, 0.29) is 0 Å². The average Bonchev–Trinajstić information content (AvgIpc) is 3.25. The minimum Gasteiger partial charge on any atom is -0.359 e. The lowest BCUT2D eigenvalue weighted by molar-refractivity contribution is 0.159. The molecule has 1 heterocycles. The number of hydrogen-bond donors (Lipinski definition) is 0. The van der Waals surface area contributed by atoms with Crippen LogP contribution in [-0.2, 0) is 0 Å². The van der Waals surface area contributed by atoms with Gasteiger partial charge in [0.1, 0.15) is 6.17 Å². The Labute approximate surface area is 235 Å². The second-order valence-electron chi connectivity index (χ2n) is 12.3. The highest BCUT2D eigenvalue weighted by Crippen LogP contribution is 2.22. The number of nitrogens with zero attached hydrogens (tertiary/aromatic N) is 2. The first-order valence-corrected chi connectivity index (χ1v) is 17.5. The van der Waals surface area contributed by atoms with Gasteiger partial charge in [-0.3, -0.25) is 0 Å². The van der Waals surface area contributed by atoms with Gasteiger partial charge in [-0.25, -0.2) is 0 Å². The van der Waals surface area contributed by atoms with Gasteiger partial charge >= 0.3 is 0 Å². The lowest BCUT2D eigenvalue weighted by atomic mass is 10.0. The van der Waals surface area contributed by atoms with Crippen molar-refractivity contribution in [2.45, 2.75) is 200 Å². The zero-order valence-corrected chi connectivity index (χ0v) is 26.1. The molecule has 1 unspecified atom stereocenters. The first kappa shape index (κ1) is 34.4.